The van der Waals surface area contributed by atoms with E-state index in [9.17, 15) is 0 Å². The average molecular weight is 269 g/mol. The van der Waals surface area contributed by atoms with Crippen molar-refractivity contribution in [2.75, 3.05) is 0 Å². The molecule has 1 aromatic heterocycles. The third-order valence-corrected chi connectivity index (χ3v) is 3.59. The fourth-order valence-electron chi connectivity index (χ4n) is 2.22. The van der Waals surface area contributed by atoms with Crippen LogP contribution in [0.1, 0.15) is 17.2 Å². The van der Waals surface area contributed by atoms with Gasteiger partial charge in [-0.05, 0) is 34.0 Å². The molecule has 3 aromatic rings. The Kier molecular flexibility index (Phi) is 3.20. The predicted octanol–water partition coefficient (Wildman–Crippen LogP) is 3.94. The number of pyridine rings is 1. The summed E-state index contributed by atoms with van der Waals surface area (Å²) in [7, 11) is 0. The van der Waals surface area contributed by atoms with Crippen LogP contribution in [0.5, 0.6) is 0 Å². The summed E-state index contributed by atoms with van der Waals surface area (Å²) in [5, 5.41) is 2.99. The third kappa shape index (κ3) is 2.33. The normalized spacial score (nSPS) is 12.5. The van der Waals surface area contributed by atoms with Crippen LogP contribution in [0.15, 0.2) is 60.9 Å². The molecule has 2 aromatic carbocycles. The molecule has 2 nitrogen and oxygen atoms in total. The van der Waals surface area contributed by atoms with Crippen molar-refractivity contribution in [1.82, 2.24) is 4.98 Å². The van der Waals surface area contributed by atoms with Crippen LogP contribution in [0, 0.1) is 0 Å². The number of hydrogen-bond acceptors (Lipinski definition) is 2. The molecule has 0 fully saturated rings. The number of nitrogens with zero attached hydrogens (tertiary/aromatic N) is 1. The van der Waals surface area contributed by atoms with Gasteiger partial charge in [-0.3, -0.25) is 4.98 Å². The molecule has 0 radical (unpaired) electrons. The minimum absolute atomic E-state index is 0.236. The predicted molar refractivity (Wildman–Crippen MR) is 79.2 cm³/mol. The summed E-state index contributed by atoms with van der Waals surface area (Å²) in [6.07, 6.45) is 3.33. The molecule has 1 heterocycles. The summed E-state index contributed by atoms with van der Waals surface area (Å²) < 4.78 is 0. The van der Waals surface area contributed by atoms with Crippen LogP contribution < -0.4 is 5.73 Å². The van der Waals surface area contributed by atoms with Crippen molar-refractivity contribution in [1.29, 1.82) is 0 Å². The van der Waals surface area contributed by atoms with Crippen LogP contribution in [0.4, 0.5) is 0 Å². The Labute approximate surface area is 116 Å². The van der Waals surface area contributed by atoms with Gasteiger partial charge in [-0.1, -0.05) is 48.0 Å². The summed E-state index contributed by atoms with van der Waals surface area (Å²) in [6, 6.07) is 16.1. The van der Waals surface area contributed by atoms with E-state index in [0.29, 0.717) is 5.02 Å². The molecule has 1 unspecified atom stereocenters. The van der Waals surface area contributed by atoms with Gasteiger partial charge in [0, 0.05) is 12.4 Å². The van der Waals surface area contributed by atoms with Gasteiger partial charge < -0.3 is 5.73 Å². The molecule has 0 aliphatic carbocycles. The molecule has 0 amide bonds. The van der Waals surface area contributed by atoms with Crippen LogP contribution in [0.2, 0.25) is 5.02 Å². The molecule has 0 spiro atoms. The second kappa shape index (κ2) is 5.00. The van der Waals surface area contributed by atoms with Crippen molar-refractivity contribution < 1.29 is 0 Å². The Bertz CT molecular complexity index is 725. The van der Waals surface area contributed by atoms with E-state index in [2.05, 4.69) is 29.2 Å². The summed E-state index contributed by atoms with van der Waals surface area (Å²) in [5.74, 6) is 0. The number of halogens is 1. The first-order chi connectivity index (χ1) is 9.25. The number of benzene rings is 2. The molecule has 19 heavy (non-hydrogen) atoms. The van der Waals surface area contributed by atoms with Gasteiger partial charge in [-0.25, -0.2) is 0 Å². The van der Waals surface area contributed by atoms with E-state index < -0.39 is 0 Å². The molecular weight excluding hydrogens is 256 g/mol. The second-order valence-electron chi connectivity index (χ2n) is 4.48. The van der Waals surface area contributed by atoms with Gasteiger partial charge in [0.2, 0.25) is 0 Å². The zero-order chi connectivity index (χ0) is 13.2. The maximum atomic E-state index is 6.30. The van der Waals surface area contributed by atoms with Crippen molar-refractivity contribution in [3.63, 3.8) is 0 Å². The first kappa shape index (κ1) is 12.2. The maximum Gasteiger partial charge on any atom is 0.0640 e. The largest absolute Gasteiger partial charge is 0.320 e. The molecule has 0 aliphatic rings. The van der Waals surface area contributed by atoms with E-state index in [1.165, 1.54) is 10.8 Å². The fraction of sp³-hybridized carbons (Fsp3) is 0.0625. The van der Waals surface area contributed by atoms with E-state index in [0.717, 1.165) is 11.1 Å². The number of hydrogen-bond donors (Lipinski definition) is 1. The van der Waals surface area contributed by atoms with E-state index in [1.807, 2.05) is 24.3 Å². The number of rotatable bonds is 2. The van der Waals surface area contributed by atoms with Crippen molar-refractivity contribution in [2.24, 2.45) is 5.73 Å². The Balaban J connectivity index is 2.07. The van der Waals surface area contributed by atoms with E-state index >= 15 is 0 Å². The molecule has 0 bridgehead atoms. The van der Waals surface area contributed by atoms with Gasteiger partial charge in [-0.2, -0.15) is 0 Å². The Morgan fingerprint density at radius 1 is 1.00 bits per heavy atom. The van der Waals surface area contributed by atoms with Crippen LogP contribution in [-0.4, -0.2) is 4.98 Å². The van der Waals surface area contributed by atoms with E-state index in [1.54, 1.807) is 12.4 Å². The minimum Gasteiger partial charge on any atom is -0.320 e. The smallest absolute Gasteiger partial charge is 0.0640 e. The highest BCUT2D eigenvalue weighted by atomic mass is 35.5. The van der Waals surface area contributed by atoms with Crippen LogP contribution >= 0.6 is 11.6 Å². The van der Waals surface area contributed by atoms with Gasteiger partial charge in [0.15, 0.2) is 0 Å². The fourth-order valence-corrected chi connectivity index (χ4v) is 2.46. The molecule has 94 valence electrons. The van der Waals surface area contributed by atoms with Crippen LogP contribution in [0.3, 0.4) is 0 Å². The highest BCUT2D eigenvalue weighted by Crippen LogP contribution is 2.27. The van der Waals surface area contributed by atoms with Crippen molar-refractivity contribution in [2.45, 2.75) is 6.04 Å². The van der Waals surface area contributed by atoms with Gasteiger partial charge in [-0.15, -0.1) is 0 Å². The monoisotopic (exact) mass is 268 g/mol. The molecule has 0 saturated heterocycles. The van der Waals surface area contributed by atoms with Crippen molar-refractivity contribution in [3.8, 4) is 0 Å². The lowest BCUT2D eigenvalue weighted by Gasteiger charge is -2.14. The highest BCUT2D eigenvalue weighted by Gasteiger charge is 2.12. The Morgan fingerprint density at radius 3 is 2.58 bits per heavy atom. The summed E-state index contributed by atoms with van der Waals surface area (Å²) in [6.45, 7) is 0. The summed E-state index contributed by atoms with van der Waals surface area (Å²) in [5.41, 5.74) is 8.24. The van der Waals surface area contributed by atoms with Crippen LogP contribution in [0.25, 0.3) is 10.8 Å². The zero-order valence-corrected chi connectivity index (χ0v) is 11.0. The second-order valence-corrected chi connectivity index (χ2v) is 4.89. The lowest BCUT2D eigenvalue weighted by Crippen LogP contribution is -2.12. The summed E-state index contributed by atoms with van der Waals surface area (Å²) in [4.78, 5) is 3.98. The molecule has 3 heteroatoms. The van der Waals surface area contributed by atoms with E-state index in [-0.39, 0.29) is 6.04 Å². The standard InChI is InChI=1S/C16H13ClN2/c17-15-10-19-8-7-14(15)16(18)13-6-5-11-3-1-2-4-12(11)9-13/h1-10,16H,18H2. The van der Waals surface area contributed by atoms with Gasteiger partial charge in [0.25, 0.3) is 0 Å². The Morgan fingerprint density at radius 2 is 1.79 bits per heavy atom. The van der Waals surface area contributed by atoms with Crippen LogP contribution in [-0.2, 0) is 0 Å². The molecule has 1 atom stereocenters. The Hall–Kier alpha value is -1.90. The van der Waals surface area contributed by atoms with Gasteiger partial charge >= 0.3 is 0 Å². The molecular formula is C16H13ClN2. The number of nitrogens with two attached hydrogens (primary N) is 1. The average Bonchev–Trinajstić information content (AvgIpc) is 2.46. The van der Waals surface area contributed by atoms with Crippen molar-refractivity contribution in [3.05, 3.63) is 77.1 Å². The SMILES string of the molecule is NC(c1ccc2ccccc2c1)c1ccncc1Cl. The molecule has 0 saturated carbocycles. The number of fused-ring (bicyclic) bond motifs is 1. The number of aromatic nitrogens is 1. The topological polar surface area (TPSA) is 38.9 Å². The molecule has 3 rings (SSSR count). The first-order valence-electron chi connectivity index (χ1n) is 6.09. The third-order valence-electron chi connectivity index (χ3n) is 3.27. The minimum atomic E-state index is -0.236. The van der Waals surface area contributed by atoms with Gasteiger partial charge in [0.1, 0.15) is 0 Å². The summed E-state index contributed by atoms with van der Waals surface area (Å²) >= 11 is 6.14. The lowest BCUT2D eigenvalue weighted by atomic mass is 9.98. The van der Waals surface area contributed by atoms with E-state index in [4.69, 9.17) is 17.3 Å². The first-order valence-corrected chi connectivity index (χ1v) is 6.47. The molecule has 0 aliphatic heterocycles. The lowest BCUT2D eigenvalue weighted by molar-refractivity contribution is 0.870. The zero-order valence-electron chi connectivity index (χ0n) is 10.3. The molecule has 2 N–H and O–H groups in total. The maximum absolute atomic E-state index is 6.30. The quantitative estimate of drug-likeness (QED) is 0.765. The van der Waals surface area contributed by atoms with Crippen molar-refractivity contribution >= 4 is 22.4 Å². The van der Waals surface area contributed by atoms with Gasteiger partial charge in [0.05, 0.1) is 11.1 Å². The highest BCUT2D eigenvalue weighted by molar-refractivity contribution is 6.31.